The van der Waals surface area contributed by atoms with E-state index < -0.39 is 0 Å². The number of nitrogens with zero attached hydrogens (tertiary/aromatic N) is 1. The van der Waals surface area contributed by atoms with Crippen molar-refractivity contribution in [1.29, 1.82) is 0 Å². The van der Waals surface area contributed by atoms with Gasteiger partial charge in [-0.1, -0.05) is 15.9 Å². The Bertz CT molecular complexity index is 448. The number of halogens is 1. The minimum atomic E-state index is -0.371. The molecule has 1 heterocycles. The molecule has 1 fully saturated rings. The number of rotatable bonds is 6. The van der Waals surface area contributed by atoms with Crippen LogP contribution in [0.4, 0.5) is 5.69 Å². The molecule has 1 aromatic carbocycles. The van der Waals surface area contributed by atoms with Gasteiger partial charge in [0.2, 0.25) is 0 Å². The predicted octanol–water partition coefficient (Wildman–Crippen LogP) is 2.87. The predicted molar refractivity (Wildman–Crippen MR) is 76.0 cm³/mol. The number of benzene rings is 1. The van der Waals surface area contributed by atoms with Crippen molar-refractivity contribution in [2.45, 2.75) is 19.4 Å². The minimum Gasteiger partial charge on any atom is -0.376 e. The minimum absolute atomic E-state index is 0.108. The van der Waals surface area contributed by atoms with Gasteiger partial charge in [-0.2, -0.15) is 0 Å². The second-order valence-electron chi connectivity index (χ2n) is 4.73. The maximum Gasteiger partial charge on any atom is 0.276 e. The summed E-state index contributed by atoms with van der Waals surface area (Å²) in [6, 6.07) is 5.05. The molecule has 0 aromatic heterocycles. The summed E-state index contributed by atoms with van der Waals surface area (Å²) in [5.74, 6) is 0.680. The van der Waals surface area contributed by atoms with Crippen LogP contribution >= 0.6 is 15.9 Å². The lowest BCUT2D eigenvalue weighted by Gasteiger charge is -2.09. The van der Waals surface area contributed by atoms with Gasteiger partial charge < -0.3 is 10.1 Å². The summed E-state index contributed by atoms with van der Waals surface area (Å²) in [4.78, 5) is 10.6. The van der Waals surface area contributed by atoms with Gasteiger partial charge >= 0.3 is 0 Å². The summed E-state index contributed by atoms with van der Waals surface area (Å²) < 4.78 is 6.27. The van der Waals surface area contributed by atoms with E-state index in [1.54, 1.807) is 12.1 Å². The lowest BCUT2D eigenvalue weighted by Crippen LogP contribution is -2.11. The van der Waals surface area contributed by atoms with Crippen molar-refractivity contribution >= 4 is 21.6 Å². The van der Waals surface area contributed by atoms with Crippen molar-refractivity contribution in [3.8, 4) is 0 Å². The molecule has 1 aliphatic rings. The van der Waals surface area contributed by atoms with E-state index in [-0.39, 0.29) is 10.6 Å². The van der Waals surface area contributed by atoms with Crippen LogP contribution in [0.25, 0.3) is 0 Å². The van der Waals surface area contributed by atoms with E-state index in [1.807, 2.05) is 0 Å². The van der Waals surface area contributed by atoms with Crippen molar-refractivity contribution in [3.63, 3.8) is 0 Å². The van der Waals surface area contributed by atoms with Crippen LogP contribution in [-0.2, 0) is 11.3 Å². The van der Waals surface area contributed by atoms with Crippen molar-refractivity contribution in [2.75, 3.05) is 19.7 Å². The molecule has 0 bridgehead atoms. The van der Waals surface area contributed by atoms with Crippen LogP contribution in [0, 0.1) is 16.0 Å². The molecule has 0 amide bonds. The van der Waals surface area contributed by atoms with Crippen molar-refractivity contribution in [3.05, 3.63) is 38.3 Å². The fourth-order valence-electron chi connectivity index (χ4n) is 2.22. The molecule has 1 N–H and O–H groups in total. The van der Waals surface area contributed by atoms with Crippen LogP contribution in [0.3, 0.4) is 0 Å². The molecule has 19 heavy (non-hydrogen) atoms. The molecule has 1 atom stereocenters. The van der Waals surface area contributed by atoms with E-state index >= 15 is 0 Å². The van der Waals surface area contributed by atoms with Gasteiger partial charge in [-0.05, 0) is 44.0 Å². The standard InChI is InChI=1S/C13H17BrN2O3/c14-12-2-1-11(13(7-12)16(17)18)9-19-6-4-10-3-5-15-8-10/h1-2,7,10,15H,3-6,8-9H2. The van der Waals surface area contributed by atoms with E-state index in [1.165, 1.54) is 12.5 Å². The van der Waals surface area contributed by atoms with Gasteiger partial charge in [-0.3, -0.25) is 10.1 Å². The highest BCUT2D eigenvalue weighted by molar-refractivity contribution is 9.10. The molecule has 1 aliphatic heterocycles. The smallest absolute Gasteiger partial charge is 0.276 e. The summed E-state index contributed by atoms with van der Waals surface area (Å²) in [6.45, 7) is 3.09. The first-order chi connectivity index (χ1) is 9.16. The molecule has 104 valence electrons. The summed E-state index contributed by atoms with van der Waals surface area (Å²) in [5, 5.41) is 14.2. The van der Waals surface area contributed by atoms with E-state index in [4.69, 9.17) is 4.74 Å². The molecule has 0 aliphatic carbocycles. The molecule has 1 aromatic rings. The Morgan fingerprint density at radius 1 is 1.53 bits per heavy atom. The van der Waals surface area contributed by atoms with Crippen LogP contribution < -0.4 is 5.32 Å². The highest BCUT2D eigenvalue weighted by Crippen LogP contribution is 2.24. The summed E-state index contributed by atoms with van der Waals surface area (Å²) in [6.07, 6.45) is 2.21. The van der Waals surface area contributed by atoms with Crippen LogP contribution in [-0.4, -0.2) is 24.6 Å². The second-order valence-corrected chi connectivity index (χ2v) is 5.65. The van der Waals surface area contributed by atoms with Crippen LogP contribution in [0.5, 0.6) is 0 Å². The van der Waals surface area contributed by atoms with E-state index in [9.17, 15) is 10.1 Å². The van der Waals surface area contributed by atoms with Crippen molar-refractivity contribution in [2.24, 2.45) is 5.92 Å². The lowest BCUT2D eigenvalue weighted by molar-refractivity contribution is -0.386. The number of nitrogens with one attached hydrogen (secondary N) is 1. The Kier molecular flexibility index (Phi) is 5.30. The number of hydrogen-bond acceptors (Lipinski definition) is 4. The molecule has 1 saturated heterocycles. The van der Waals surface area contributed by atoms with E-state index in [0.717, 1.165) is 19.5 Å². The first kappa shape index (κ1) is 14.4. The van der Waals surface area contributed by atoms with Crippen LogP contribution in [0.15, 0.2) is 22.7 Å². The Balaban J connectivity index is 1.83. The fraction of sp³-hybridized carbons (Fsp3) is 0.538. The highest BCUT2D eigenvalue weighted by Gasteiger charge is 2.16. The molecule has 0 saturated carbocycles. The number of nitro benzene ring substituents is 1. The Labute approximate surface area is 120 Å². The quantitative estimate of drug-likeness (QED) is 0.495. The van der Waals surface area contributed by atoms with Crippen LogP contribution in [0.2, 0.25) is 0 Å². The van der Waals surface area contributed by atoms with Gasteiger partial charge in [0.1, 0.15) is 0 Å². The number of hydrogen-bond donors (Lipinski definition) is 1. The maximum atomic E-state index is 10.9. The molecule has 6 heteroatoms. The van der Waals surface area contributed by atoms with Crippen LogP contribution in [0.1, 0.15) is 18.4 Å². The maximum absolute atomic E-state index is 10.9. The van der Waals surface area contributed by atoms with Gasteiger partial charge in [0.25, 0.3) is 5.69 Å². The molecular formula is C13H17BrN2O3. The monoisotopic (exact) mass is 328 g/mol. The average Bonchev–Trinajstić information content (AvgIpc) is 2.89. The Hall–Kier alpha value is -0.980. The zero-order chi connectivity index (χ0) is 13.7. The normalized spacial score (nSPS) is 18.7. The van der Waals surface area contributed by atoms with E-state index in [2.05, 4.69) is 21.2 Å². The first-order valence-corrected chi connectivity index (χ1v) is 7.17. The van der Waals surface area contributed by atoms with Gasteiger partial charge in [-0.15, -0.1) is 0 Å². The van der Waals surface area contributed by atoms with Gasteiger partial charge in [0, 0.05) is 17.1 Å². The third kappa shape index (κ3) is 4.26. The Morgan fingerprint density at radius 2 is 2.37 bits per heavy atom. The topological polar surface area (TPSA) is 64.4 Å². The largest absolute Gasteiger partial charge is 0.376 e. The third-order valence-corrected chi connectivity index (χ3v) is 3.83. The van der Waals surface area contributed by atoms with Crippen molar-refractivity contribution in [1.82, 2.24) is 5.32 Å². The number of nitro groups is 1. The highest BCUT2D eigenvalue weighted by atomic mass is 79.9. The summed E-state index contributed by atoms with van der Waals surface area (Å²) in [5.41, 5.74) is 0.731. The van der Waals surface area contributed by atoms with Crippen molar-refractivity contribution < 1.29 is 9.66 Å². The van der Waals surface area contributed by atoms with Gasteiger partial charge in [0.15, 0.2) is 0 Å². The number of ether oxygens (including phenoxy) is 1. The third-order valence-electron chi connectivity index (χ3n) is 3.33. The molecule has 0 spiro atoms. The Morgan fingerprint density at radius 3 is 3.05 bits per heavy atom. The summed E-state index contributed by atoms with van der Waals surface area (Å²) in [7, 11) is 0. The van der Waals surface area contributed by atoms with Gasteiger partial charge in [-0.25, -0.2) is 0 Å². The SMILES string of the molecule is O=[N+]([O-])c1cc(Br)ccc1COCCC1CCNC1. The second kappa shape index (κ2) is 6.98. The molecule has 5 nitrogen and oxygen atoms in total. The molecule has 2 rings (SSSR count). The zero-order valence-corrected chi connectivity index (χ0v) is 12.2. The fourth-order valence-corrected chi connectivity index (χ4v) is 2.57. The molecular weight excluding hydrogens is 312 g/mol. The summed E-state index contributed by atoms with van der Waals surface area (Å²) >= 11 is 3.24. The zero-order valence-electron chi connectivity index (χ0n) is 10.6. The average molecular weight is 329 g/mol. The van der Waals surface area contributed by atoms with E-state index in [0.29, 0.717) is 29.2 Å². The first-order valence-electron chi connectivity index (χ1n) is 6.38. The molecule has 1 unspecified atom stereocenters. The van der Waals surface area contributed by atoms with Gasteiger partial charge in [0.05, 0.1) is 17.1 Å². The lowest BCUT2D eigenvalue weighted by atomic mass is 10.1. The molecule has 0 radical (unpaired) electrons.